The molecule has 0 bridgehead atoms. The van der Waals surface area contributed by atoms with Gasteiger partial charge in [0.25, 0.3) is 0 Å². The topological polar surface area (TPSA) is 64.6 Å². The van der Waals surface area contributed by atoms with Crippen molar-refractivity contribution in [2.45, 2.75) is 31.2 Å². The molecular weight excluding hydrogens is 302 g/mol. The fourth-order valence-electron chi connectivity index (χ4n) is 3.47. The summed E-state index contributed by atoms with van der Waals surface area (Å²) in [4.78, 5) is 13.1. The standard InChI is InChI=1S/C16H22ClN3O2/c17-12-3-4-14-13(10-12)19-16(5-7-18-8-6-16)11-20(14)9-1-2-15(21)22/h3-4,10,18-19H,1-2,5-9,11H2,(H,21,22). The van der Waals surface area contributed by atoms with Crippen LogP contribution in [-0.2, 0) is 4.79 Å². The number of anilines is 2. The molecule has 0 aliphatic carbocycles. The number of benzene rings is 1. The molecule has 5 nitrogen and oxygen atoms in total. The number of nitrogens with zero attached hydrogens (tertiary/aromatic N) is 1. The maximum absolute atomic E-state index is 10.8. The van der Waals surface area contributed by atoms with Crippen LogP contribution in [0.2, 0.25) is 5.02 Å². The minimum Gasteiger partial charge on any atom is -0.481 e. The van der Waals surface area contributed by atoms with Crippen molar-refractivity contribution in [3.63, 3.8) is 0 Å². The van der Waals surface area contributed by atoms with Crippen molar-refractivity contribution < 1.29 is 9.90 Å². The second-order valence-electron chi connectivity index (χ2n) is 6.24. The van der Waals surface area contributed by atoms with E-state index in [4.69, 9.17) is 16.7 Å². The summed E-state index contributed by atoms with van der Waals surface area (Å²) in [5, 5.41) is 16.7. The van der Waals surface area contributed by atoms with Gasteiger partial charge in [0.1, 0.15) is 0 Å². The second-order valence-corrected chi connectivity index (χ2v) is 6.67. The number of hydrogen-bond acceptors (Lipinski definition) is 4. The van der Waals surface area contributed by atoms with E-state index in [0.29, 0.717) is 6.42 Å². The summed E-state index contributed by atoms with van der Waals surface area (Å²) in [6.07, 6.45) is 3.00. The summed E-state index contributed by atoms with van der Waals surface area (Å²) in [6.45, 7) is 3.69. The predicted octanol–water partition coefficient (Wildman–Crippen LogP) is 2.56. The highest BCUT2D eigenvalue weighted by molar-refractivity contribution is 6.31. The lowest BCUT2D eigenvalue weighted by Crippen LogP contribution is -2.57. The van der Waals surface area contributed by atoms with E-state index in [0.717, 1.165) is 55.4 Å². The number of piperidine rings is 1. The first kappa shape index (κ1) is 15.4. The van der Waals surface area contributed by atoms with Crippen molar-refractivity contribution in [1.82, 2.24) is 5.32 Å². The van der Waals surface area contributed by atoms with E-state index in [-0.39, 0.29) is 12.0 Å². The van der Waals surface area contributed by atoms with Gasteiger partial charge in [0, 0.05) is 24.5 Å². The molecule has 2 aliphatic heterocycles. The van der Waals surface area contributed by atoms with E-state index < -0.39 is 5.97 Å². The van der Waals surface area contributed by atoms with Gasteiger partial charge in [-0.05, 0) is 50.6 Å². The maximum Gasteiger partial charge on any atom is 0.303 e. The third kappa shape index (κ3) is 3.31. The smallest absolute Gasteiger partial charge is 0.303 e. The van der Waals surface area contributed by atoms with Gasteiger partial charge in [0.2, 0.25) is 0 Å². The molecule has 3 N–H and O–H groups in total. The Hall–Kier alpha value is -1.46. The molecule has 1 fully saturated rings. The van der Waals surface area contributed by atoms with Crippen molar-refractivity contribution in [3.8, 4) is 0 Å². The first-order valence-electron chi connectivity index (χ1n) is 7.83. The number of halogens is 1. The maximum atomic E-state index is 10.8. The highest BCUT2D eigenvalue weighted by Gasteiger charge is 2.38. The summed E-state index contributed by atoms with van der Waals surface area (Å²) < 4.78 is 0. The SMILES string of the molecule is O=C(O)CCCN1CC2(CCNCC2)Nc2cc(Cl)ccc21. The lowest BCUT2D eigenvalue weighted by molar-refractivity contribution is -0.137. The van der Waals surface area contributed by atoms with E-state index in [9.17, 15) is 4.79 Å². The molecule has 0 radical (unpaired) electrons. The Morgan fingerprint density at radius 2 is 2.14 bits per heavy atom. The summed E-state index contributed by atoms with van der Waals surface area (Å²) in [7, 11) is 0. The Morgan fingerprint density at radius 1 is 1.36 bits per heavy atom. The lowest BCUT2D eigenvalue weighted by atomic mass is 9.85. The average molecular weight is 324 g/mol. The number of carboxylic acid groups (broad SMARTS) is 1. The molecule has 0 amide bonds. The van der Waals surface area contributed by atoms with E-state index in [1.165, 1.54) is 0 Å². The molecule has 22 heavy (non-hydrogen) atoms. The van der Waals surface area contributed by atoms with Crippen molar-refractivity contribution in [1.29, 1.82) is 0 Å². The third-order valence-corrected chi connectivity index (χ3v) is 4.81. The molecule has 0 saturated carbocycles. The van der Waals surface area contributed by atoms with Crippen LogP contribution in [0.15, 0.2) is 18.2 Å². The van der Waals surface area contributed by atoms with E-state index in [1.54, 1.807) is 0 Å². The highest BCUT2D eigenvalue weighted by atomic mass is 35.5. The summed E-state index contributed by atoms with van der Waals surface area (Å²) in [5.74, 6) is -0.733. The van der Waals surface area contributed by atoms with Crippen LogP contribution in [0.3, 0.4) is 0 Å². The number of carbonyl (C=O) groups is 1. The number of rotatable bonds is 4. The number of carboxylic acids is 1. The molecule has 1 aromatic carbocycles. The fraction of sp³-hybridized carbons (Fsp3) is 0.562. The van der Waals surface area contributed by atoms with Crippen molar-refractivity contribution >= 4 is 28.9 Å². The summed E-state index contributed by atoms with van der Waals surface area (Å²) in [6, 6.07) is 5.90. The summed E-state index contributed by atoms with van der Waals surface area (Å²) >= 11 is 6.15. The molecule has 6 heteroatoms. The number of nitrogens with one attached hydrogen (secondary N) is 2. The molecule has 120 valence electrons. The largest absolute Gasteiger partial charge is 0.481 e. The average Bonchev–Trinajstić information content (AvgIpc) is 2.47. The fourth-order valence-corrected chi connectivity index (χ4v) is 3.64. The van der Waals surface area contributed by atoms with Crippen LogP contribution < -0.4 is 15.5 Å². The normalized spacial score (nSPS) is 19.6. The van der Waals surface area contributed by atoms with E-state index in [1.807, 2.05) is 18.2 Å². The predicted molar refractivity (Wildman–Crippen MR) is 89.0 cm³/mol. The van der Waals surface area contributed by atoms with Gasteiger partial charge in [-0.3, -0.25) is 4.79 Å². The zero-order valence-corrected chi connectivity index (χ0v) is 13.3. The van der Waals surface area contributed by atoms with Gasteiger partial charge in [-0.1, -0.05) is 11.6 Å². The van der Waals surface area contributed by atoms with E-state index >= 15 is 0 Å². The van der Waals surface area contributed by atoms with Crippen molar-refractivity contribution in [2.24, 2.45) is 0 Å². The molecule has 0 atom stereocenters. The monoisotopic (exact) mass is 323 g/mol. The van der Waals surface area contributed by atoms with Crippen LogP contribution in [0, 0.1) is 0 Å². The summed E-state index contributed by atoms with van der Waals surface area (Å²) in [5.41, 5.74) is 2.25. The molecule has 1 spiro atoms. The minimum absolute atomic E-state index is 0.0617. The van der Waals surface area contributed by atoms with Gasteiger partial charge in [-0.15, -0.1) is 0 Å². The van der Waals surface area contributed by atoms with Crippen LogP contribution in [0.5, 0.6) is 0 Å². The third-order valence-electron chi connectivity index (χ3n) is 4.57. The lowest BCUT2D eigenvalue weighted by Gasteiger charge is -2.48. The molecule has 2 aliphatic rings. The van der Waals surface area contributed by atoms with Crippen molar-refractivity contribution in [3.05, 3.63) is 23.2 Å². The first-order chi connectivity index (χ1) is 10.6. The minimum atomic E-state index is -0.733. The van der Waals surface area contributed by atoms with Gasteiger partial charge in [-0.2, -0.15) is 0 Å². The van der Waals surface area contributed by atoms with Crippen LogP contribution in [0.4, 0.5) is 11.4 Å². The first-order valence-corrected chi connectivity index (χ1v) is 8.21. The Bertz CT molecular complexity index is 558. The molecule has 0 unspecified atom stereocenters. The molecule has 3 rings (SSSR count). The highest BCUT2D eigenvalue weighted by Crippen LogP contribution is 2.39. The van der Waals surface area contributed by atoms with E-state index in [2.05, 4.69) is 15.5 Å². The zero-order chi connectivity index (χ0) is 15.6. The molecule has 1 aromatic rings. The molecule has 0 aromatic heterocycles. The molecule has 2 heterocycles. The van der Waals surface area contributed by atoms with Gasteiger partial charge in [0.15, 0.2) is 0 Å². The quantitative estimate of drug-likeness (QED) is 0.795. The van der Waals surface area contributed by atoms with Crippen LogP contribution in [0.25, 0.3) is 0 Å². The second kappa shape index (κ2) is 6.34. The number of fused-ring (bicyclic) bond motifs is 1. The number of aliphatic carboxylic acids is 1. The zero-order valence-electron chi connectivity index (χ0n) is 12.6. The van der Waals surface area contributed by atoms with Crippen LogP contribution >= 0.6 is 11.6 Å². The van der Waals surface area contributed by atoms with Gasteiger partial charge in [0.05, 0.1) is 16.9 Å². The van der Waals surface area contributed by atoms with Gasteiger partial charge < -0.3 is 20.6 Å². The Balaban J connectivity index is 1.82. The van der Waals surface area contributed by atoms with Crippen LogP contribution in [0.1, 0.15) is 25.7 Å². The van der Waals surface area contributed by atoms with Gasteiger partial charge >= 0.3 is 5.97 Å². The van der Waals surface area contributed by atoms with Crippen LogP contribution in [-0.4, -0.2) is 42.8 Å². The van der Waals surface area contributed by atoms with Crippen molar-refractivity contribution in [2.75, 3.05) is 36.4 Å². The Kier molecular flexibility index (Phi) is 4.45. The molecule has 1 saturated heterocycles. The van der Waals surface area contributed by atoms with Gasteiger partial charge in [-0.25, -0.2) is 0 Å². The Labute approximate surface area is 135 Å². The molecular formula is C16H22ClN3O2. The number of hydrogen-bond donors (Lipinski definition) is 3. The Morgan fingerprint density at radius 3 is 2.86 bits per heavy atom.